The van der Waals surface area contributed by atoms with Gasteiger partial charge in [0, 0.05) is 43.2 Å². The van der Waals surface area contributed by atoms with Crippen molar-refractivity contribution in [1.82, 2.24) is 26.3 Å². The fraction of sp³-hybridized carbons (Fsp3) is 0.500. The Balaban J connectivity index is 1.63. The normalized spacial score (nSPS) is 22.9. The number of benzene rings is 1. The van der Waals surface area contributed by atoms with Crippen molar-refractivity contribution >= 4 is 40.5 Å². The van der Waals surface area contributed by atoms with Crippen LogP contribution in [-0.2, 0) is 30.3 Å². The van der Waals surface area contributed by atoms with E-state index in [-0.39, 0.29) is 38.6 Å². The van der Waals surface area contributed by atoms with E-state index in [0.717, 1.165) is 16.5 Å². The molecule has 14 heteroatoms. The van der Waals surface area contributed by atoms with Crippen molar-refractivity contribution < 1.29 is 23.9 Å². The van der Waals surface area contributed by atoms with Gasteiger partial charge in [-0.2, -0.15) is 0 Å². The molecule has 1 saturated heterocycles. The lowest BCUT2D eigenvalue weighted by Crippen LogP contribution is -2.60. The number of aromatic nitrogens is 1. The monoisotopic (exact) mass is 557 g/mol. The molecule has 1 fully saturated rings. The topological polar surface area (TPSA) is 232 Å². The van der Waals surface area contributed by atoms with Gasteiger partial charge in [-0.15, -0.1) is 0 Å². The smallest absolute Gasteiger partial charge is 0.245 e. The predicted molar refractivity (Wildman–Crippen MR) is 150 cm³/mol. The number of hydrogen-bond donors (Lipinski definition) is 8. The lowest BCUT2D eigenvalue weighted by Gasteiger charge is -2.30. The van der Waals surface area contributed by atoms with Crippen LogP contribution in [-0.4, -0.2) is 85.0 Å². The van der Waals surface area contributed by atoms with Gasteiger partial charge in [-0.05, 0) is 37.8 Å². The number of nitrogens with one attached hydrogen (secondary N) is 5. The molecule has 1 aliphatic rings. The fourth-order valence-corrected chi connectivity index (χ4v) is 4.33. The molecule has 0 spiro atoms. The molecule has 11 N–H and O–H groups in total. The van der Waals surface area contributed by atoms with Gasteiger partial charge in [-0.3, -0.25) is 24.2 Å². The summed E-state index contributed by atoms with van der Waals surface area (Å²) in [6.07, 6.45) is 3.21. The number of H-pyrrole nitrogens is 1. The Morgan fingerprint density at radius 3 is 2.75 bits per heavy atom. The molecular weight excluding hydrogens is 518 g/mol. The van der Waals surface area contributed by atoms with E-state index in [4.69, 9.17) is 21.9 Å². The molecule has 1 aromatic heterocycles. The summed E-state index contributed by atoms with van der Waals surface area (Å²) >= 11 is 0. The number of amides is 4. The highest BCUT2D eigenvalue weighted by molar-refractivity contribution is 5.94. The zero-order valence-electron chi connectivity index (χ0n) is 22.6. The van der Waals surface area contributed by atoms with Gasteiger partial charge in [-0.25, -0.2) is 0 Å². The second-order valence-electron chi connectivity index (χ2n) is 9.90. The van der Waals surface area contributed by atoms with Crippen LogP contribution in [0.2, 0.25) is 0 Å². The van der Waals surface area contributed by atoms with Crippen molar-refractivity contribution in [3.63, 3.8) is 0 Å². The van der Waals surface area contributed by atoms with Crippen molar-refractivity contribution in [2.24, 2.45) is 22.2 Å². The Morgan fingerprint density at radius 2 is 1.98 bits per heavy atom. The number of carbonyl (C=O) groups is 4. The second kappa shape index (κ2) is 14.3. The molecule has 0 aliphatic carbocycles. The predicted octanol–water partition coefficient (Wildman–Crippen LogP) is -1.90. The van der Waals surface area contributed by atoms with Crippen LogP contribution in [0.1, 0.15) is 31.7 Å². The number of carbonyl (C=O) groups excluding carboxylic acids is 4. The lowest BCUT2D eigenvalue weighted by molar-refractivity contribution is -0.135. The fourth-order valence-electron chi connectivity index (χ4n) is 4.33. The van der Waals surface area contributed by atoms with Gasteiger partial charge in [0.25, 0.3) is 0 Å². The first-order chi connectivity index (χ1) is 19.1. The van der Waals surface area contributed by atoms with Gasteiger partial charge in [0.05, 0.1) is 13.2 Å². The molecule has 3 atom stereocenters. The quantitative estimate of drug-likeness (QED) is 0.103. The molecule has 0 radical (unpaired) electrons. The SMILES string of the molecule is C[C@]1(C(=O)NCCc2c[nH]c3ccccc23)CCOC[C@H](N)C(=O)NC(CCCN=C(N)N)C(=O)NCC(=O)N1. The highest BCUT2D eigenvalue weighted by Crippen LogP contribution is 2.18. The molecule has 1 aromatic carbocycles. The summed E-state index contributed by atoms with van der Waals surface area (Å²) in [5, 5.41) is 11.8. The van der Waals surface area contributed by atoms with Crippen LogP contribution >= 0.6 is 0 Å². The Hall–Kier alpha value is -4.17. The van der Waals surface area contributed by atoms with Crippen molar-refractivity contribution in [2.45, 2.75) is 50.2 Å². The number of aliphatic imine (C=N–C) groups is 1. The van der Waals surface area contributed by atoms with Crippen LogP contribution in [0, 0.1) is 0 Å². The van der Waals surface area contributed by atoms with Crippen LogP contribution in [0.25, 0.3) is 10.9 Å². The first-order valence-electron chi connectivity index (χ1n) is 13.2. The Bertz CT molecular complexity index is 1230. The number of nitrogens with zero attached hydrogens (tertiary/aromatic N) is 1. The third-order valence-electron chi connectivity index (χ3n) is 6.65. The third-order valence-corrected chi connectivity index (χ3v) is 6.65. The Kier molecular flexibility index (Phi) is 10.8. The number of guanidine groups is 1. The minimum Gasteiger partial charge on any atom is -0.379 e. The Morgan fingerprint density at radius 1 is 1.20 bits per heavy atom. The summed E-state index contributed by atoms with van der Waals surface area (Å²) in [5.41, 5.74) is 17.3. The highest BCUT2D eigenvalue weighted by Gasteiger charge is 2.35. The van der Waals surface area contributed by atoms with E-state index in [1.54, 1.807) is 6.92 Å². The molecule has 2 heterocycles. The first kappa shape index (κ1) is 30.4. The van der Waals surface area contributed by atoms with E-state index in [9.17, 15) is 19.2 Å². The molecule has 4 amide bonds. The third kappa shape index (κ3) is 8.68. The Labute approximate surface area is 232 Å². The maximum Gasteiger partial charge on any atom is 0.245 e. The molecule has 218 valence electrons. The molecule has 0 saturated carbocycles. The number of hydrogen-bond acceptors (Lipinski definition) is 7. The summed E-state index contributed by atoms with van der Waals surface area (Å²) in [6, 6.07) is 5.87. The van der Waals surface area contributed by atoms with Crippen molar-refractivity contribution in [3.05, 3.63) is 36.0 Å². The number of rotatable bonds is 8. The van der Waals surface area contributed by atoms with Gasteiger partial charge in [-0.1, -0.05) is 18.2 Å². The first-order valence-corrected chi connectivity index (χ1v) is 13.2. The van der Waals surface area contributed by atoms with Gasteiger partial charge < -0.3 is 48.2 Å². The van der Waals surface area contributed by atoms with Crippen molar-refractivity contribution in [2.75, 3.05) is 32.8 Å². The average molecular weight is 558 g/mol. The van der Waals surface area contributed by atoms with E-state index < -0.39 is 47.8 Å². The number of aromatic amines is 1. The zero-order chi connectivity index (χ0) is 29.1. The number of fused-ring (bicyclic) bond motifs is 1. The summed E-state index contributed by atoms with van der Waals surface area (Å²) in [6.45, 7) is 1.70. The van der Waals surface area contributed by atoms with Gasteiger partial charge in [0.1, 0.15) is 17.6 Å². The minimum absolute atomic E-state index is 0.0575. The van der Waals surface area contributed by atoms with Gasteiger partial charge in [0.15, 0.2) is 5.96 Å². The summed E-state index contributed by atoms with van der Waals surface area (Å²) in [5.74, 6) is -2.21. The number of ether oxygens (including phenoxy) is 1. The number of nitrogens with two attached hydrogens (primary N) is 3. The van der Waals surface area contributed by atoms with E-state index >= 15 is 0 Å². The number of para-hydroxylation sites is 1. The largest absolute Gasteiger partial charge is 0.379 e. The minimum atomic E-state index is -1.34. The van der Waals surface area contributed by atoms with Crippen LogP contribution in [0.4, 0.5) is 0 Å². The van der Waals surface area contributed by atoms with Gasteiger partial charge >= 0.3 is 0 Å². The summed E-state index contributed by atoms with van der Waals surface area (Å²) < 4.78 is 5.57. The second-order valence-corrected chi connectivity index (χ2v) is 9.90. The summed E-state index contributed by atoms with van der Waals surface area (Å²) in [7, 11) is 0. The van der Waals surface area contributed by atoms with E-state index in [0.29, 0.717) is 19.4 Å². The molecule has 40 heavy (non-hydrogen) atoms. The van der Waals surface area contributed by atoms with Crippen molar-refractivity contribution in [1.29, 1.82) is 0 Å². The maximum absolute atomic E-state index is 13.2. The molecular formula is C26H39N9O5. The molecule has 1 unspecified atom stereocenters. The van der Waals surface area contributed by atoms with E-state index in [2.05, 4.69) is 31.2 Å². The van der Waals surface area contributed by atoms with E-state index in [1.807, 2.05) is 30.5 Å². The van der Waals surface area contributed by atoms with Crippen LogP contribution in [0.15, 0.2) is 35.5 Å². The van der Waals surface area contributed by atoms with Gasteiger partial charge in [0.2, 0.25) is 23.6 Å². The standard InChI is InChI=1S/C26H39N9O5/c1-26(24(39)30-11-8-16-13-32-19-6-3-2-5-17(16)19)9-12-40-15-18(27)22(37)34-20(7-4-10-31-25(28)29)23(38)33-14-21(36)35-26/h2-3,5-6,13,18,20,32H,4,7-12,14-15,27H2,1H3,(H,30,39)(H,33,38)(H,34,37)(H,35,36)(H4,28,29,31)/t18-,20?,26+/m0/s1. The van der Waals surface area contributed by atoms with Crippen molar-refractivity contribution in [3.8, 4) is 0 Å². The highest BCUT2D eigenvalue weighted by atomic mass is 16.5. The average Bonchev–Trinajstić information content (AvgIpc) is 3.33. The molecule has 0 bridgehead atoms. The molecule has 3 rings (SSSR count). The zero-order valence-corrected chi connectivity index (χ0v) is 22.6. The van der Waals surface area contributed by atoms with E-state index in [1.165, 1.54) is 0 Å². The summed E-state index contributed by atoms with van der Waals surface area (Å²) in [4.78, 5) is 58.5. The van der Waals surface area contributed by atoms with Crippen LogP contribution < -0.4 is 38.5 Å². The van der Waals surface area contributed by atoms with Crippen LogP contribution in [0.3, 0.4) is 0 Å². The van der Waals surface area contributed by atoms with Crippen LogP contribution in [0.5, 0.6) is 0 Å². The lowest BCUT2D eigenvalue weighted by atomic mass is 9.96. The maximum atomic E-state index is 13.2. The molecule has 1 aliphatic heterocycles. The molecule has 2 aromatic rings. The molecule has 14 nitrogen and oxygen atoms in total.